The molecule has 0 spiro atoms. The average molecular weight is 404 g/mol. The largest absolute Gasteiger partial charge is 0.418 e. The summed E-state index contributed by atoms with van der Waals surface area (Å²) in [4.78, 5) is 28.6. The molecule has 1 saturated carbocycles. The van der Waals surface area contributed by atoms with Gasteiger partial charge in [-0.15, -0.1) is 0 Å². The number of rotatable bonds is 5. The zero-order valence-corrected chi connectivity index (χ0v) is 14.9. The topological polar surface area (TPSA) is 90.0 Å². The van der Waals surface area contributed by atoms with Crippen LogP contribution in [0.5, 0.6) is 0 Å². The van der Waals surface area contributed by atoms with Crippen molar-refractivity contribution in [2.45, 2.75) is 31.5 Å². The van der Waals surface area contributed by atoms with Gasteiger partial charge in [0.05, 0.1) is 16.8 Å². The van der Waals surface area contributed by atoms with Crippen molar-refractivity contribution in [3.63, 3.8) is 0 Å². The minimum atomic E-state index is -4.61. The monoisotopic (exact) mass is 404 g/mol. The number of hydrogen-bond acceptors (Lipinski definition) is 5. The fourth-order valence-corrected chi connectivity index (χ4v) is 2.82. The number of pyridine rings is 1. The molecule has 1 aliphatic rings. The van der Waals surface area contributed by atoms with E-state index in [1.807, 2.05) is 0 Å². The van der Waals surface area contributed by atoms with Crippen LogP contribution in [0.2, 0.25) is 0 Å². The molecule has 1 fully saturated rings. The van der Waals surface area contributed by atoms with Crippen LogP contribution in [0.1, 0.15) is 30.1 Å². The van der Waals surface area contributed by atoms with Gasteiger partial charge in [0, 0.05) is 18.2 Å². The smallest absolute Gasteiger partial charge is 0.334 e. The summed E-state index contributed by atoms with van der Waals surface area (Å²) in [5, 5.41) is 6.11. The maximum atomic E-state index is 13.1. The Morgan fingerprint density at radius 3 is 2.69 bits per heavy atom. The number of carbonyl (C=O) groups is 1. The third-order valence-electron chi connectivity index (χ3n) is 4.44. The van der Waals surface area contributed by atoms with E-state index in [4.69, 9.17) is 4.52 Å². The Morgan fingerprint density at radius 1 is 1.21 bits per heavy atom. The number of halogens is 3. The maximum absolute atomic E-state index is 13.1. The number of aromatic nitrogens is 3. The van der Waals surface area contributed by atoms with E-state index in [9.17, 15) is 22.8 Å². The maximum Gasteiger partial charge on any atom is 0.418 e. The molecule has 0 radical (unpaired) electrons. The molecule has 0 saturated heterocycles. The predicted octanol–water partition coefficient (Wildman–Crippen LogP) is 3.43. The molecule has 10 heteroatoms. The Kier molecular flexibility index (Phi) is 4.69. The summed E-state index contributed by atoms with van der Waals surface area (Å²) in [6.07, 6.45) is -1.25. The highest BCUT2D eigenvalue weighted by molar-refractivity contribution is 5.91. The van der Waals surface area contributed by atoms with E-state index in [1.165, 1.54) is 30.5 Å². The van der Waals surface area contributed by atoms with Crippen molar-refractivity contribution < 1.29 is 22.5 Å². The number of para-hydroxylation sites is 1. The Hall–Kier alpha value is -3.43. The molecule has 1 N–H and O–H groups in total. The van der Waals surface area contributed by atoms with Gasteiger partial charge in [-0.25, -0.2) is 0 Å². The molecule has 4 rings (SSSR count). The second-order valence-corrected chi connectivity index (χ2v) is 6.71. The van der Waals surface area contributed by atoms with E-state index < -0.39 is 29.8 Å². The number of anilines is 1. The number of nitrogens with one attached hydrogen (secondary N) is 1. The summed E-state index contributed by atoms with van der Waals surface area (Å²) < 4.78 is 45.5. The van der Waals surface area contributed by atoms with E-state index in [2.05, 4.69) is 15.5 Å². The molecule has 1 aliphatic carbocycles. The quantitative estimate of drug-likeness (QED) is 0.704. The number of alkyl halides is 3. The lowest BCUT2D eigenvalue weighted by Crippen LogP contribution is -2.27. The molecule has 0 bridgehead atoms. The number of carbonyl (C=O) groups excluding carboxylic acids is 1. The molecular weight excluding hydrogens is 389 g/mol. The third kappa shape index (κ3) is 4.20. The van der Waals surface area contributed by atoms with Crippen LogP contribution in [-0.2, 0) is 17.5 Å². The summed E-state index contributed by atoms with van der Waals surface area (Å²) in [6, 6.07) is 7.35. The van der Waals surface area contributed by atoms with Crippen LogP contribution in [-0.4, -0.2) is 20.6 Å². The van der Waals surface area contributed by atoms with Gasteiger partial charge in [-0.1, -0.05) is 17.3 Å². The van der Waals surface area contributed by atoms with Crippen LogP contribution in [0, 0.1) is 0 Å². The Labute approximate surface area is 162 Å². The van der Waals surface area contributed by atoms with Crippen molar-refractivity contribution in [3.05, 3.63) is 64.3 Å². The normalized spacial score (nSPS) is 14.0. The molecule has 150 valence electrons. The second-order valence-electron chi connectivity index (χ2n) is 6.71. The van der Waals surface area contributed by atoms with Gasteiger partial charge in [0.25, 0.3) is 11.4 Å². The first-order valence-corrected chi connectivity index (χ1v) is 8.82. The van der Waals surface area contributed by atoms with E-state index in [0.717, 1.165) is 29.5 Å². The van der Waals surface area contributed by atoms with E-state index in [1.54, 1.807) is 0 Å². The van der Waals surface area contributed by atoms with Crippen molar-refractivity contribution in [2.75, 3.05) is 5.32 Å². The lowest BCUT2D eigenvalue weighted by Gasteiger charge is -2.14. The van der Waals surface area contributed by atoms with Crippen molar-refractivity contribution in [1.29, 1.82) is 0 Å². The third-order valence-corrected chi connectivity index (χ3v) is 4.44. The summed E-state index contributed by atoms with van der Waals surface area (Å²) in [6.45, 7) is -0.470. The van der Waals surface area contributed by atoms with Gasteiger partial charge in [-0.3, -0.25) is 9.59 Å². The van der Waals surface area contributed by atoms with Gasteiger partial charge in [-0.05, 0) is 31.0 Å². The van der Waals surface area contributed by atoms with Crippen LogP contribution in [0.3, 0.4) is 0 Å². The molecule has 7 nitrogen and oxygen atoms in total. The standard InChI is InChI=1S/C19H15F3N4O3/c20-19(21,22)13-3-1-2-4-14(13)23-15(27)10-26-9-12(7-8-16(26)28)18-24-17(25-29-18)11-5-6-11/h1-4,7-9,11H,5-6,10H2,(H,23,27). The van der Waals surface area contributed by atoms with E-state index >= 15 is 0 Å². The Morgan fingerprint density at radius 2 is 1.97 bits per heavy atom. The van der Waals surface area contributed by atoms with Crippen molar-refractivity contribution in [2.24, 2.45) is 0 Å². The first-order valence-electron chi connectivity index (χ1n) is 8.82. The number of nitrogens with zero attached hydrogens (tertiary/aromatic N) is 3. The Bertz CT molecular complexity index is 1120. The van der Waals surface area contributed by atoms with Gasteiger partial charge >= 0.3 is 6.18 Å². The van der Waals surface area contributed by atoms with E-state index in [0.29, 0.717) is 11.4 Å². The molecule has 0 atom stereocenters. The van der Waals surface area contributed by atoms with Crippen molar-refractivity contribution in [1.82, 2.24) is 14.7 Å². The minimum Gasteiger partial charge on any atom is -0.334 e. The van der Waals surface area contributed by atoms with Crippen LogP contribution < -0.4 is 10.9 Å². The number of hydrogen-bond donors (Lipinski definition) is 1. The van der Waals surface area contributed by atoms with Crippen LogP contribution in [0.15, 0.2) is 51.9 Å². The first kappa shape index (κ1) is 18.9. The van der Waals surface area contributed by atoms with Crippen LogP contribution in [0.4, 0.5) is 18.9 Å². The van der Waals surface area contributed by atoms with Gasteiger partial charge in [-0.2, -0.15) is 18.2 Å². The van der Waals surface area contributed by atoms with Crippen LogP contribution in [0.25, 0.3) is 11.5 Å². The SMILES string of the molecule is O=C(Cn1cc(-c2nc(C3CC3)no2)ccc1=O)Nc1ccccc1C(F)(F)F. The molecule has 3 aromatic rings. The number of benzene rings is 1. The molecular formula is C19H15F3N4O3. The summed E-state index contributed by atoms with van der Waals surface area (Å²) in [5.41, 5.74) is -1.39. The summed E-state index contributed by atoms with van der Waals surface area (Å²) in [7, 11) is 0. The highest BCUT2D eigenvalue weighted by Gasteiger charge is 2.33. The predicted molar refractivity (Wildman–Crippen MR) is 96.0 cm³/mol. The fraction of sp³-hybridized carbons (Fsp3) is 0.263. The van der Waals surface area contributed by atoms with Crippen LogP contribution >= 0.6 is 0 Å². The lowest BCUT2D eigenvalue weighted by atomic mass is 10.1. The van der Waals surface area contributed by atoms with Crippen molar-refractivity contribution >= 4 is 11.6 Å². The summed E-state index contributed by atoms with van der Waals surface area (Å²) in [5.74, 6) is 0.325. The minimum absolute atomic E-state index is 0.212. The Balaban J connectivity index is 1.53. The van der Waals surface area contributed by atoms with E-state index in [-0.39, 0.29) is 17.5 Å². The highest BCUT2D eigenvalue weighted by Crippen LogP contribution is 2.38. The second kappa shape index (κ2) is 7.19. The average Bonchev–Trinajstić information content (AvgIpc) is 3.40. The first-order chi connectivity index (χ1) is 13.8. The molecule has 0 aliphatic heterocycles. The zero-order chi connectivity index (χ0) is 20.6. The van der Waals surface area contributed by atoms with Crippen molar-refractivity contribution in [3.8, 4) is 11.5 Å². The molecule has 2 aromatic heterocycles. The molecule has 2 heterocycles. The fourth-order valence-electron chi connectivity index (χ4n) is 2.82. The molecule has 1 aromatic carbocycles. The van der Waals surface area contributed by atoms with Gasteiger partial charge in [0.2, 0.25) is 5.91 Å². The van der Waals surface area contributed by atoms with Gasteiger partial charge < -0.3 is 14.4 Å². The zero-order valence-electron chi connectivity index (χ0n) is 14.9. The molecule has 1 amide bonds. The molecule has 0 unspecified atom stereocenters. The highest BCUT2D eigenvalue weighted by atomic mass is 19.4. The molecule has 29 heavy (non-hydrogen) atoms. The van der Waals surface area contributed by atoms with Gasteiger partial charge in [0.15, 0.2) is 5.82 Å². The number of amides is 1. The lowest BCUT2D eigenvalue weighted by molar-refractivity contribution is -0.137. The van der Waals surface area contributed by atoms with Gasteiger partial charge in [0.1, 0.15) is 6.54 Å². The summed E-state index contributed by atoms with van der Waals surface area (Å²) >= 11 is 0.